The zero-order valence-electron chi connectivity index (χ0n) is 12.7. The second kappa shape index (κ2) is 5.42. The van der Waals surface area contributed by atoms with Crippen molar-refractivity contribution in [2.24, 2.45) is 35.3 Å². The lowest BCUT2D eigenvalue weighted by Gasteiger charge is -2.42. The second-order valence-electron chi connectivity index (χ2n) is 7.78. The smallest absolute Gasteiger partial charge is 0.309 e. The van der Waals surface area contributed by atoms with Crippen molar-refractivity contribution in [2.75, 3.05) is 0 Å². The Morgan fingerprint density at radius 3 is 2.71 bits per heavy atom. The maximum Gasteiger partial charge on any atom is 0.309 e. The first-order valence-electron chi connectivity index (χ1n) is 8.85. The molecule has 0 spiro atoms. The van der Waals surface area contributed by atoms with Gasteiger partial charge in [-0.15, -0.1) is 0 Å². The molecular formula is C18H27NO2. The number of carbonyl (C=O) groups excluding carboxylic acids is 1. The van der Waals surface area contributed by atoms with Crippen molar-refractivity contribution in [3.8, 4) is 0 Å². The van der Waals surface area contributed by atoms with Crippen LogP contribution in [0.3, 0.4) is 0 Å². The summed E-state index contributed by atoms with van der Waals surface area (Å²) >= 11 is 0. The maximum absolute atomic E-state index is 12.4. The zero-order chi connectivity index (χ0) is 14.4. The predicted molar refractivity (Wildman–Crippen MR) is 81.4 cm³/mol. The molecule has 2 bridgehead atoms. The van der Waals surface area contributed by atoms with E-state index in [4.69, 9.17) is 10.5 Å². The highest BCUT2D eigenvalue weighted by Crippen LogP contribution is 2.45. The minimum atomic E-state index is 0.0791. The van der Waals surface area contributed by atoms with E-state index in [1.54, 1.807) is 0 Å². The number of esters is 1. The van der Waals surface area contributed by atoms with Gasteiger partial charge >= 0.3 is 5.97 Å². The molecule has 0 aromatic rings. The van der Waals surface area contributed by atoms with E-state index in [1.807, 2.05) is 0 Å². The van der Waals surface area contributed by atoms with E-state index >= 15 is 0 Å². The Labute approximate surface area is 127 Å². The van der Waals surface area contributed by atoms with Gasteiger partial charge < -0.3 is 10.5 Å². The fraction of sp³-hybridized carbons (Fsp3) is 0.833. The Hall–Kier alpha value is -0.830. The summed E-state index contributed by atoms with van der Waals surface area (Å²) in [6.07, 6.45) is 13.8. The largest absolute Gasteiger partial charge is 0.462 e. The fourth-order valence-corrected chi connectivity index (χ4v) is 5.38. The van der Waals surface area contributed by atoms with Gasteiger partial charge in [0.2, 0.25) is 0 Å². The van der Waals surface area contributed by atoms with Gasteiger partial charge in [0.15, 0.2) is 0 Å². The maximum atomic E-state index is 12.4. The lowest BCUT2D eigenvalue weighted by molar-refractivity contribution is -0.158. The predicted octanol–water partition coefficient (Wildman–Crippen LogP) is 3.04. The SMILES string of the molecule is NC1CCCC2CC(OC(=O)C3CC4C=CC3C4)CCC12. The Kier molecular flexibility index (Phi) is 3.56. The molecule has 4 aliphatic rings. The lowest BCUT2D eigenvalue weighted by Crippen LogP contribution is -2.44. The molecule has 3 saturated carbocycles. The van der Waals surface area contributed by atoms with Crippen LogP contribution in [-0.4, -0.2) is 18.1 Å². The minimum absolute atomic E-state index is 0.0791. The molecule has 21 heavy (non-hydrogen) atoms. The second-order valence-corrected chi connectivity index (χ2v) is 7.78. The van der Waals surface area contributed by atoms with E-state index in [2.05, 4.69) is 12.2 Å². The summed E-state index contributed by atoms with van der Waals surface area (Å²) in [7, 11) is 0. The molecule has 0 saturated heterocycles. The molecule has 3 fully saturated rings. The van der Waals surface area contributed by atoms with Crippen LogP contribution in [0.5, 0.6) is 0 Å². The van der Waals surface area contributed by atoms with Crippen molar-refractivity contribution in [1.29, 1.82) is 0 Å². The van der Waals surface area contributed by atoms with Crippen LogP contribution >= 0.6 is 0 Å². The number of rotatable bonds is 2. The highest BCUT2D eigenvalue weighted by Gasteiger charge is 2.43. The summed E-state index contributed by atoms with van der Waals surface area (Å²) < 4.78 is 5.90. The fourth-order valence-electron chi connectivity index (χ4n) is 5.38. The number of hydrogen-bond acceptors (Lipinski definition) is 3. The normalized spacial score (nSPS) is 48.1. The van der Waals surface area contributed by atoms with Gasteiger partial charge in [-0.05, 0) is 68.6 Å². The van der Waals surface area contributed by atoms with Crippen LogP contribution in [0.2, 0.25) is 0 Å². The van der Waals surface area contributed by atoms with Crippen molar-refractivity contribution < 1.29 is 9.53 Å². The van der Waals surface area contributed by atoms with Crippen molar-refractivity contribution >= 4 is 5.97 Å². The average Bonchev–Trinajstić information content (AvgIpc) is 3.10. The van der Waals surface area contributed by atoms with Gasteiger partial charge in [-0.25, -0.2) is 0 Å². The van der Waals surface area contributed by atoms with E-state index in [9.17, 15) is 4.79 Å². The van der Waals surface area contributed by atoms with Crippen LogP contribution in [0, 0.1) is 29.6 Å². The van der Waals surface area contributed by atoms with Crippen LogP contribution in [0.4, 0.5) is 0 Å². The quantitative estimate of drug-likeness (QED) is 0.628. The van der Waals surface area contributed by atoms with Gasteiger partial charge in [-0.3, -0.25) is 4.79 Å². The van der Waals surface area contributed by atoms with E-state index in [0.717, 1.165) is 25.7 Å². The molecule has 0 amide bonds. The summed E-state index contributed by atoms with van der Waals surface area (Å²) in [6, 6.07) is 0.385. The Bertz CT molecular complexity index is 446. The molecule has 4 rings (SSSR count). The molecule has 0 aromatic heterocycles. The summed E-state index contributed by atoms with van der Waals surface area (Å²) in [5.74, 6) is 2.70. The van der Waals surface area contributed by atoms with Gasteiger partial charge in [0, 0.05) is 6.04 Å². The van der Waals surface area contributed by atoms with Gasteiger partial charge in [0.1, 0.15) is 6.10 Å². The van der Waals surface area contributed by atoms with Crippen LogP contribution in [-0.2, 0) is 9.53 Å². The Balaban J connectivity index is 1.33. The van der Waals surface area contributed by atoms with Crippen molar-refractivity contribution in [1.82, 2.24) is 0 Å². The van der Waals surface area contributed by atoms with Gasteiger partial charge in [0.05, 0.1) is 5.92 Å². The third-order valence-electron chi connectivity index (χ3n) is 6.52. The number of carbonyl (C=O) groups is 1. The molecule has 3 nitrogen and oxygen atoms in total. The van der Waals surface area contributed by atoms with Gasteiger partial charge in [-0.2, -0.15) is 0 Å². The van der Waals surface area contributed by atoms with Gasteiger partial charge in [0.25, 0.3) is 0 Å². The van der Waals surface area contributed by atoms with E-state index < -0.39 is 0 Å². The van der Waals surface area contributed by atoms with E-state index in [1.165, 1.54) is 25.7 Å². The summed E-state index contributed by atoms with van der Waals surface area (Å²) in [6.45, 7) is 0. The first-order chi connectivity index (χ1) is 10.2. The molecule has 116 valence electrons. The number of fused-ring (bicyclic) bond motifs is 3. The van der Waals surface area contributed by atoms with Crippen LogP contribution in [0.1, 0.15) is 51.4 Å². The third kappa shape index (κ3) is 2.54. The zero-order valence-corrected chi connectivity index (χ0v) is 12.7. The molecule has 0 heterocycles. The molecule has 0 aliphatic heterocycles. The molecule has 2 N–H and O–H groups in total. The molecule has 0 radical (unpaired) electrons. The molecule has 0 aromatic carbocycles. The van der Waals surface area contributed by atoms with Crippen LogP contribution in [0.15, 0.2) is 12.2 Å². The average molecular weight is 289 g/mol. The Morgan fingerprint density at radius 1 is 1.05 bits per heavy atom. The number of allylic oxidation sites excluding steroid dienone is 2. The molecule has 7 unspecified atom stereocenters. The van der Waals surface area contributed by atoms with Gasteiger partial charge in [-0.1, -0.05) is 18.6 Å². The van der Waals surface area contributed by atoms with Crippen LogP contribution in [0.25, 0.3) is 0 Å². The number of ether oxygens (including phenoxy) is 1. The Morgan fingerprint density at radius 2 is 1.95 bits per heavy atom. The molecular weight excluding hydrogens is 262 g/mol. The molecule has 3 heteroatoms. The first kappa shape index (κ1) is 13.8. The molecule has 7 atom stereocenters. The van der Waals surface area contributed by atoms with E-state index in [-0.39, 0.29) is 18.0 Å². The minimum Gasteiger partial charge on any atom is -0.462 e. The van der Waals surface area contributed by atoms with Crippen LogP contribution < -0.4 is 5.73 Å². The number of hydrogen-bond donors (Lipinski definition) is 1. The van der Waals surface area contributed by atoms with Crippen molar-refractivity contribution in [3.05, 3.63) is 12.2 Å². The highest BCUT2D eigenvalue weighted by molar-refractivity contribution is 5.74. The third-order valence-corrected chi connectivity index (χ3v) is 6.52. The summed E-state index contributed by atoms with van der Waals surface area (Å²) in [5, 5.41) is 0. The van der Waals surface area contributed by atoms with Crippen molar-refractivity contribution in [3.63, 3.8) is 0 Å². The summed E-state index contributed by atoms with van der Waals surface area (Å²) in [5.41, 5.74) is 6.26. The lowest BCUT2D eigenvalue weighted by atomic mass is 9.68. The van der Waals surface area contributed by atoms with Crippen molar-refractivity contribution in [2.45, 2.75) is 63.5 Å². The molecule has 4 aliphatic carbocycles. The number of nitrogens with two attached hydrogens (primary N) is 1. The monoisotopic (exact) mass is 289 g/mol. The first-order valence-corrected chi connectivity index (χ1v) is 8.85. The van der Waals surface area contributed by atoms with E-state index in [0.29, 0.717) is 29.7 Å². The topological polar surface area (TPSA) is 52.3 Å². The highest BCUT2D eigenvalue weighted by atomic mass is 16.5. The summed E-state index contributed by atoms with van der Waals surface area (Å²) in [4.78, 5) is 12.4. The standard InChI is InChI=1S/C18H27NO2/c19-17-3-1-2-12-10-14(6-7-15(12)17)21-18(20)16-9-11-4-5-13(16)8-11/h4-5,11-17H,1-3,6-10,19H2.